The molecule has 0 saturated heterocycles. The number of aryl methyl sites for hydroxylation is 1. The summed E-state index contributed by atoms with van der Waals surface area (Å²) in [6.45, 7) is 5.05. The third-order valence-electron chi connectivity index (χ3n) is 2.73. The smallest absolute Gasteiger partial charge is 0.135 e. The fourth-order valence-corrected chi connectivity index (χ4v) is 1.96. The van der Waals surface area contributed by atoms with Gasteiger partial charge in [0.25, 0.3) is 0 Å². The van der Waals surface area contributed by atoms with Crippen LogP contribution in [0.15, 0.2) is 30.3 Å². The summed E-state index contributed by atoms with van der Waals surface area (Å²) in [7, 11) is 0. The van der Waals surface area contributed by atoms with Crippen LogP contribution < -0.4 is 5.32 Å². The van der Waals surface area contributed by atoms with Gasteiger partial charge >= 0.3 is 0 Å². The summed E-state index contributed by atoms with van der Waals surface area (Å²) in [4.78, 5) is 9.01. The van der Waals surface area contributed by atoms with Crippen LogP contribution in [0.1, 0.15) is 30.4 Å². The van der Waals surface area contributed by atoms with Crippen molar-refractivity contribution in [3.63, 3.8) is 0 Å². The first kappa shape index (κ1) is 13.8. The van der Waals surface area contributed by atoms with E-state index < -0.39 is 0 Å². The van der Waals surface area contributed by atoms with Gasteiger partial charge in [-0.1, -0.05) is 30.7 Å². The largest absolute Gasteiger partial charge is 0.370 e. The molecule has 2 aromatic rings. The molecule has 2 rings (SSSR count). The van der Waals surface area contributed by atoms with Crippen LogP contribution in [0.5, 0.6) is 0 Å². The molecule has 0 fully saturated rings. The zero-order chi connectivity index (χ0) is 13.7. The quantitative estimate of drug-likeness (QED) is 0.901. The fraction of sp³-hybridized carbons (Fsp3) is 0.333. The van der Waals surface area contributed by atoms with Crippen LogP contribution >= 0.6 is 11.6 Å². The van der Waals surface area contributed by atoms with Crippen molar-refractivity contribution >= 4 is 17.4 Å². The number of benzene rings is 1. The summed E-state index contributed by atoms with van der Waals surface area (Å²) in [5.41, 5.74) is 2.15. The van der Waals surface area contributed by atoms with Crippen molar-refractivity contribution < 1.29 is 0 Å². The van der Waals surface area contributed by atoms with Crippen LogP contribution in [0, 0.1) is 6.92 Å². The molecule has 0 saturated carbocycles. The maximum atomic E-state index is 5.88. The highest BCUT2D eigenvalue weighted by atomic mass is 35.5. The van der Waals surface area contributed by atoms with Crippen molar-refractivity contribution in [3.8, 4) is 0 Å². The minimum absolute atomic E-state index is 0.722. The van der Waals surface area contributed by atoms with Gasteiger partial charge in [0.05, 0.1) is 0 Å². The lowest BCUT2D eigenvalue weighted by atomic mass is 10.1. The number of nitrogens with zero attached hydrogens (tertiary/aromatic N) is 2. The second-order valence-electron chi connectivity index (χ2n) is 4.54. The molecular weight excluding hydrogens is 258 g/mol. The summed E-state index contributed by atoms with van der Waals surface area (Å²) in [6.07, 6.45) is 1.80. The van der Waals surface area contributed by atoms with E-state index in [-0.39, 0.29) is 0 Å². The molecule has 0 aliphatic carbocycles. The molecule has 0 bridgehead atoms. The molecule has 1 N–H and O–H groups in total. The number of hydrogen-bond acceptors (Lipinski definition) is 3. The number of rotatable bonds is 5. The Morgan fingerprint density at radius 2 is 1.89 bits per heavy atom. The third-order valence-corrected chi connectivity index (χ3v) is 2.98. The van der Waals surface area contributed by atoms with Crippen molar-refractivity contribution in [2.24, 2.45) is 0 Å². The fourth-order valence-electron chi connectivity index (χ4n) is 1.84. The zero-order valence-corrected chi connectivity index (χ0v) is 12.0. The number of aromatic nitrogens is 2. The van der Waals surface area contributed by atoms with E-state index in [1.807, 2.05) is 37.3 Å². The molecule has 19 heavy (non-hydrogen) atoms. The predicted octanol–water partition coefficient (Wildman–Crippen LogP) is 3.85. The van der Waals surface area contributed by atoms with Gasteiger partial charge in [-0.25, -0.2) is 9.97 Å². The normalized spacial score (nSPS) is 10.5. The van der Waals surface area contributed by atoms with Crippen molar-refractivity contribution in [3.05, 3.63) is 52.4 Å². The summed E-state index contributed by atoms with van der Waals surface area (Å²) >= 11 is 5.88. The first-order valence-electron chi connectivity index (χ1n) is 6.50. The van der Waals surface area contributed by atoms with E-state index in [0.29, 0.717) is 0 Å². The van der Waals surface area contributed by atoms with Gasteiger partial charge in [-0.2, -0.15) is 0 Å². The molecule has 1 heterocycles. The lowest BCUT2D eigenvalue weighted by molar-refractivity contribution is 0.917. The van der Waals surface area contributed by atoms with Gasteiger partial charge in [-0.05, 0) is 31.0 Å². The molecule has 1 aromatic heterocycles. The van der Waals surface area contributed by atoms with Crippen LogP contribution in [0.3, 0.4) is 0 Å². The highest BCUT2D eigenvalue weighted by Gasteiger charge is 2.03. The minimum atomic E-state index is 0.722. The lowest BCUT2D eigenvalue weighted by Crippen LogP contribution is -2.06. The molecule has 0 radical (unpaired) electrons. The van der Waals surface area contributed by atoms with Crippen LogP contribution in [0.4, 0.5) is 5.82 Å². The molecule has 0 aliphatic rings. The third kappa shape index (κ3) is 4.21. The Kier molecular flexibility index (Phi) is 4.74. The van der Waals surface area contributed by atoms with Crippen molar-refractivity contribution in [1.29, 1.82) is 0 Å². The van der Waals surface area contributed by atoms with E-state index >= 15 is 0 Å². The lowest BCUT2D eigenvalue weighted by Gasteiger charge is -2.08. The highest BCUT2D eigenvalue weighted by Crippen LogP contribution is 2.13. The van der Waals surface area contributed by atoms with Crippen molar-refractivity contribution in [1.82, 2.24) is 9.97 Å². The first-order valence-corrected chi connectivity index (χ1v) is 6.88. The van der Waals surface area contributed by atoms with E-state index in [0.717, 1.165) is 47.3 Å². The minimum Gasteiger partial charge on any atom is -0.370 e. The maximum Gasteiger partial charge on any atom is 0.135 e. The van der Waals surface area contributed by atoms with Crippen LogP contribution in [0.25, 0.3) is 0 Å². The summed E-state index contributed by atoms with van der Waals surface area (Å²) in [5.74, 6) is 1.74. The van der Waals surface area contributed by atoms with Gasteiger partial charge in [0, 0.05) is 29.7 Å². The molecular formula is C15H18ClN3. The Balaban J connectivity index is 2.15. The standard InChI is InChI=1S/C15H18ClN3/c1-3-8-17-14-9-11(2)18-15(19-14)10-12-4-6-13(16)7-5-12/h4-7,9H,3,8,10H2,1-2H3,(H,17,18,19). The van der Waals surface area contributed by atoms with Gasteiger partial charge in [-0.3, -0.25) is 0 Å². The predicted molar refractivity (Wildman–Crippen MR) is 79.8 cm³/mol. The summed E-state index contributed by atoms with van der Waals surface area (Å²) < 4.78 is 0. The average molecular weight is 276 g/mol. The number of nitrogens with one attached hydrogen (secondary N) is 1. The monoisotopic (exact) mass is 275 g/mol. The molecule has 0 aliphatic heterocycles. The number of halogens is 1. The average Bonchev–Trinajstić information content (AvgIpc) is 2.38. The van der Waals surface area contributed by atoms with E-state index in [2.05, 4.69) is 22.2 Å². The van der Waals surface area contributed by atoms with Crippen molar-refractivity contribution in [2.45, 2.75) is 26.7 Å². The second kappa shape index (κ2) is 6.53. The molecule has 0 atom stereocenters. The molecule has 3 nitrogen and oxygen atoms in total. The van der Waals surface area contributed by atoms with E-state index in [1.54, 1.807) is 0 Å². The molecule has 0 spiro atoms. The van der Waals surface area contributed by atoms with Crippen LogP contribution in [-0.2, 0) is 6.42 Å². The topological polar surface area (TPSA) is 37.8 Å². The summed E-state index contributed by atoms with van der Waals surface area (Å²) in [5, 5.41) is 4.05. The van der Waals surface area contributed by atoms with Crippen LogP contribution in [0.2, 0.25) is 5.02 Å². The molecule has 1 aromatic carbocycles. The van der Waals surface area contributed by atoms with Gasteiger partial charge in [0.2, 0.25) is 0 Å². The van der Waals surface area contributed by atoms with Crippen molar-refractivity contribution in [2.75, 3.05) is 11.9 Å². The maximum absolute atomic E-state index is 5.88. The number of hydrogen-bond donors (Lipinski definition) is 1. The van der Waals surface area contributed by atoms with Gasteiger partial charge in [-0.15, -0.1) is 0 Å². The Hall–Kier alpha value is -1.61. The Morgan fingerprint density at radius 1 is 1.16 bits per heavy atom. The molecule has 100 valence electrons. The van der Waals surface area contributed by atoms with E-state index in [4.69, 9.17) is 11.6 Å². The van der Waals surface area contributed by atoms with Gasteiger partial charge < -0.3 is 5.32 Å². The second-order valence-corrected chi connectivity index (χ2v) is 4.98. The summed E-state index contributed by atoms with van der Waals surface area (Å²) in [6, 6.07) is 9.77. The van der Waals surface area contributed by atoms with E-state index in [1.165, 1.54) is 0 Å². The zero-order valence-electron chi connectivity index (χ0n) is 11.3. The van der Waals surface area contributed by atoms with Gasteiger partial charge in [0.1, 0.15) is 11.6 Å². The van der Waals surface area contributed by atoms with E-state index in [9.17, 15) is 0 Å². The van der Waals surface area contributed by atoms with Crippen LogP contribution in [-0.4, -0.2) is 16.5 Å². The Morgan fingerprint density at radius 3 is 2.58 bits per heavy atom. The molecule has 0 amide bonds. The highest BCUT2D eigenvalue weighted by molar-refractivity contribution is 6.30. The number of anilines is 1. The van der Waals surface area contributed by atoms with Gasteiger partial charge in [0.15, 0.2) is 0 Å². The first-order chi connectivity index (χ1) is 9.17. The molecule has 4 heteroatoms. The molecule has 0 unspecified atom stereocenters. The Bertz CT molecular complexity index is 538. The Labute approximate surface area is 119 Å². The SMILES string of the molecule is CCCNc1cc(C)nc(Cc2ccc(Cl)cc2)n1.